The molecule has 1 aromatic heterocycles. The first-order valence-corrected chi connectivity index (χ1v) is 5.49. The molecular weight excluding hydrogens is 210 g/mol. The Balaban J connectivity index is 2.49. The molecule has 3 nitrogen and oxygen atoms in total. The van der Waals surface area contributed by atoms with Crippen LogP contribution in [-0.4, -0.2) is 13.1 Å². The molecule has 0 atom stereocenters. The van der Waals surface area contributed by atoms with Gasteiger partial charge in [-0.2, -0.15) is 4.57 Å². The first-order valence-electron chi connectivity index (χ1n) is 4.67. The molecule has 0 unspecified atom stereocenters. The third-order valence-corrected chi connectivity index (χ3v) is 3.39. The van der Waals surface area contributed by atoms with Crippen molar-refractivity contribution in [1.82, 2.24) is 0 Å². The fraction of sp³-hybridized carbons (Fsp3) is 0.273. The Morgan fingerprint density at radius 2 is 2.20 bits per heavy atom. The van der Waals surface area contributed by atoms with E-state index in [-0.39, 0.29) is 12.5 Å². The maximum absolute atomic E-state index is 11.2. The Morgan fingerprint density at radius 1 is 1.47 bits per heavy atom. The molecule has 0 saturated carbocycles. The number of para-hydroxylation sites is 1. The number of nitrogens with zero attached hydrogens (tertiary/aromatic N) is 1. The van der Waals surface area contributed by atoms with Crippen molar-refractivity contribution in [2.45, 2.75) is 13.5 Å². The van der Waals surface area contributed by atoms with Crippen molar-refractivity contribution in [1.29, 1.82) is 0 Å². The number of benzene rings is 1. The molecule has 0 aliphatic heterocycles. The molecule has 2 rings (SSSR count). The molecule has 15 heavy (non-hydrogen) atoms. The van der Waals surface area contributed by atoms with Crippen LogP contribution < -0.4 is 4.57 Å². The second kappa shape index (κ2) is 3.98. The zero-order chi connectivity index (χ0) is 10.8. The summed E-state index contributed by atoms with van der Waals surface area (Å²) in [7, 11) is 1.41. The minimum atomic E-state index is -0.216. The highest BCUT2D eigenvalue weighted by molar-refractivity contribution is 7.18. The lowest BCUT2D eigenvalue weighted by molar-refractivity contribution is -0.661. The van der Waals surface area contributed by atoms with Crippen LogP contribution in [0.1, 0.15) is 5.01 Å². The summed E-state index contributed by atoms with van der Waals surface area (Å²) >= 11 is 1.69. The van der Waals surface area contributed by atoms with Gasteiger partial charge in [-0.15, -0.1) is 0 Å². The van der Waals surface area contributed by atoms with E-state index in [4.69, 9.17) is 0 Å². The lowest BCUT2D eigenvalue weighted by atomic mass is 10.3. The Morgan fingerprint density at radius 3 is 2.93 bits per heavy atom. The summed E-state index contributed by atoms with van der Waals surface area (Å²) in [5, 5.41) is 1.11. The van der Waals surface area contributed by atoms with Crippen LogP contribution in [-0.2, 0) is 16.1 Å². The molecule has 0 aliphatic rings. The average molecular weight is 222 g/mol. The zero-order valence-corrected chi connectivity index (χ0v) is 9.50. The Hall–Kier alpha value is -1.42. The van der Waals surface area contributed by atoms with Gasteiger partial charge < -0.3 is 4.74 Å². The highest BCUT2D eigenvalue weighted by atomic mass is 32.1. The third-order valence-electron chi connectivity index (χ3n) is 2.31. The molecular formula is C11H12NO2S+. The highest BCUT2D eigenvalue weighted by Gasteiger charge is 2.19. The summed E-state index contributed by atoms with van der Waals surface area (Å²) < 4.78 is 7.84. The lowest BCUT2D eigenvalue weighted by Crippen LogP contribution is -2.39. The van der Waals surface area contributed by atoms with Crippen LogP contribution in [0.2, 0.25) is 0 Å². The van der Waals surface area contributed by atoms with Gasteiger partial charge in [0.25, 0.3) is 0 Å². The molecule has 0 N–H and O–H groups in total. The van der Waals surface area contributed by atoms with E-state index in [1.807, 2.05) is 29.7 Å². The second-order valence-corrected chi connectivity index (χ2v) is 4.49. The van der Waals surface area contributed by atoms with Gasteiger partial charge in [0, 0.05) is 13.0 Å². The summed E-state index contributed by atoms with van der Waals surface area (Å²) in [5.74, 6) is -0.216. The molecule has 0 fully saturated rings. The molecule has 1 heterocycles. The van der Waals surface area contributed by atoms with Gasteiger partial charge in [-0.05, 0) is 6.07 Å². The fourth-order valence-corrected chi connectivity index (χ4v) is 2.56. The van der Waals surface area contributed by atoms with E-state index in [0.29, 0.717) is 0 Å². The van der Waals surface area contributed by atoms with Gasteiger partial charge in [0.15, 0.2) is 0 Å². The topological polar surface area (TPSA) is 30.2 Å². The molecule has 1 aromatic carbocycles. The van der Waals surface area contributed by atoms with Crippen molar-refractivity contribution in [2.75, 3.05) is 7.11 Å². The number of hydrogen-bond donors (Lipinski definition) is 0. The molecule has 0 aliphatic carbocycles. The Labute approximate surface area is 91.9 Å². The van der Waals surface area contributed by atoms with E-state index >= 15 is 0 Å². The number of methoxy groups -OCH3 is 1. The highest BCUT2D eigenvalue weighted by Crippen LogP contribution is 2.18. The summed E-state index contributed by atoms with van der Waals surface area (Å²) in [6, 6.07) is 8.05. The van der Waals surface area contributed by atoms with Gasteiger partial charge in [0.1, 0.15) is 4.70 Å². The van der Waals surface area contributed by atoms with Crippen molar-refractivity contribution >= 4 is 27.5 Å². The van der Waals surface area contributed by atoms with E-state index < -0.39 is 0 Å². The van der Waals surface area contributed by atoms with E-state index in [9.17, 15) is 4.79 Å². The predicted octanol–water partition coefficient (Wildman–Crippen LogP) is 1.67. The fourth-order valence-electron chi connectivity index (χ4n) is 1.54. The molecule has 0 bridgehead atoms. The quantitative estimate of drug-likeness (QED) is 0.571. The number of carbonyl (C=O) groups is 1. The Kier molecular flexibility index (Phi) is 2.68. The number of hydrogen-bond acceptors (Lipinski definition) is 3. The molecule has 78 valence electrons. The summed E-state index contributed by atoms with van der Waals surface area (Å²) in [6.45, 7) is 2.29. The summed E-state index contributed by atoms with van der Waals surface area (Å²) in [4.78, 5) is 11.2. The van der Waals surface area contributed by atoms with Gasteiger partial charge in [0.05, 0.1) is 7.11 Å². The maximum Gasteiger partial charge on any atom is 0.372 e. The smallest absolute Gasteiger partial charge is 0.372 e. The number of aromatic nitrogens is 1. The van der Waals surface area contributed by atoms with E-state index in [0.717, 1.165) is 10.5 Å². The van der Waals surface area contributed by atoms with Crippen molar-refractivity contribution in [3.63, 3.8) is 0 Å². The summed E-state index contributed by atoms with van der Waals surface area (Å²) in [6.07, 6.45) is 0. The Bertz CT molecular complexity index is 504. The van der Waals surface area contributed by atoms with Crippen LogP contribution in [0.4, 0.5) is 0 Å². The van der Waals surface area contributed by atoms with Crippen LogP contribution in [0.15, 0.2) is 24.3 Å². The van der Waals surface area contributed by atoms with E-state index in [1.54, 1.807) is 11.3 Å². The predicted molar refractivity (Wildman–Crippen MR) is 58.8 cm³/mol. The van der Waals surface area contributed by atoms with E-state index in [2.05, 4.69) is 10.8 Å². The van der Waals surface area contributed by atoms with Gasteiger partial charge in [-0.1, -0.05) is 23.5 Å². The maximum atomic E-state index is 11.2. The first-order chi connectivity index (χ1) is 7.22. The molecule has 4 heteroatoms. The third kappa shape index (κ3) is 1.85. The van der Waals surface area contributed by atoms with Crippen molar-refractivity contribution < 1.29 is 14.1 Å². The molecule has 2 aromatic rings. The van der Waals surface area contributed by atoms with Crippen LogP contribution in [0.3, 0.4) is 0 Å². The summed E-state index contributed by atoms with van der Waals surface area (Å²) in [5.41, 5.74) is 1.09. The van der Waals surface area contributed by atoms with Crippen molar-refractivity contribution in [3.8, 4) is 0 Å². The number of rotatable bonds is 2. The standard InChI is InChI=1S/C11H12NO2S/c1-8-12(7-11(13)14-2)9-5-3-4-6-10(9)15-8/h3-6H,7H2,1-2H3/q+1. The van der Waals surface area contributed by atoms with E-state index in [1.165, 1.54) is 11.8 Å². The number of esters is 1. The first kappa shape index (κ1) is 10.1. The number of aryl methyl sites for hydroxylation is 1. The SMILES string of the molecule is COC(=O)C[n+]1c(C)sc2ccccc21. The van der Waals surface area contributed by atoms with Gasteiger partial charge >= 0.3 is 5.97 Å². The lowest BCUT2D eigenvalue weighted by Gasteiger charge is -1.95. The van der Waals surface area contributed by atoms with Crippen molar-refractivity contribution in [2.24, 2.45) is 0 Å². The molecule has 0 amide bonds. The normalized spacial score (nSPS) is 10.5. The van der Waals surface area contributed by atoms with Crippen molar-refractivity contribution in [3.05, 3.63) is 29.3 Å². The largest absolute Gasteiger partial charge is 0.464 e. The number of thiazole rings is 1. The second-order valence-electron chi connectivity index (χ2n) is 3.25. The van der Waals surface area contributed by atoms with Gasteiger partial charge in [-0.25, -0.2) is 4.79 Å². The van der Waals surface area contributed by atoms with Crippen LogP contribution in [0.25, 0.3) is 10.2 Å². The zero-order valence-electron chi connectivity index (χ0n) is 8.69. The molecule has 0 saturated heterocycles. The minimum Gasteiger partial charge on any atom is -0.464 e. The number of fused-ring (bicyclic) bond motifs is 1. The molecule has 0 spiro atoms. The van der Waals surface area contributed by atoms with Crippen LogP contribution in [0.5, 0.6) is 0 Å². The van der Waals surface area contributed by atoms with Gasteiger partial charge in [0.2, 0.25) is 17.1 Å². The average Bonchev–Trinajstić information content (AvgIpc) is 2.55. The van der Waals surface area contributed by atoms with Gasteiger partial charge in [-0.3, -0.25) is 0 Å². The minimum absolute atomic E-state index is 0.216. The monoisotopic (exact) mass is 222 g/mol. The number of carbonyl (C=O) groups excluding carboxylic acids is 1. The van der Waals surface area contributed by atoms with Crippen LogP contribution >= 0.6 is 11.3 Å². The van der Waals surface area contributed by atoms with Crippen LogP contribution in [0, 0.1) is 6.92 Å². The molecule has 0 radical (unpaired) electrons. The number of ether oxygens (including phenoxy) is 1.